The molecule has 2 unspecified atom stereocenters. The Labute approximate surface area is 119 Å². The van der Waals surface area contributed by atoms with Crippen LogP contribution in [0.25, 0.3) is 0 Å². The van der Waals surface area contributed by atoms with Gasteiger partial charge in [0.1, 0.15) is 5.92 Å². The molecule has 0 radical (unpaired) electrons. The summed E-state index contributed by atoms with van der Waals surface area (Å²) in [6.45, 7) is 5.81. The molecule has 0 spiro atoms. The number of carbonyl (C=O) groups excluding carboxylic acids is 1. The molecule has 1 amide bonds. The molecule has 0 bridgehead atoms. The van der Waals surface area contributed by atoms with E-state index in [1.807, 2.05) is 12.1 Å². The van der Waals surface area contributed by atoms with Gasteiger partial charge in [-0.05, 0) is 23.0 Å². The maximum atomic E-state index is 12.1. The zero-order valence-corrected chi connectivity index (χ0v) is 12.1. The minimum absolute atomic E-state index is 0.310. The molecule has 2 rings (SSSR count). The summed E-state index contributed by atoms with van der Waals surface area (Å²) >= 11 is 0. The van der Waals surface area contributed by atoms with E-state index < -0.39 is 23.2 Å². The molecule has 4 nitrogen and oxygen atoms in total. The van der Waals surface area contributed by atoms with Crippen molar-refractivity contribution in [1.29, 1.82) is 0 Å². The minimum Gasteiger partial charge on any atom is -0.481 e. The van der Waals surface area contributed by atoms with E-state index in [4.69, 9.17) is 0 Å². The first kappa shape index (κ1) is 14.6. The third kappa shape index (κ3) is 2.84. The summed E-state index contributed by atoms with van der Waals surface area (Å²) < 4.78 is 0. The number of benzene rings is 1. The van der Waals surface area contributed by atoms with E-state index in [1.54, 1.807) is 20.8 Å². The highest BCUT2D eigenvalue weighted by molar-refractivity contribution is 5.97. The second-order valence-electron chi connectivity index (χ2n) is 6.48. The number of hydrogen-bond donors (Lipinski definition) is 2. The fourth-order valence-corrected chi connectivity index (χ4v) is 2.75. The molecule has 1 aliphatic carbocycles. The van der Waals surface area contributed by atoms with Crippen LogP contribution in [0.15, 0.2) is 24.3 Å². The van der Waals surface area contributed by atoms with Crippen LogP contribution in [0.2, 0.25) is 0 Å². The first-order valence-corrected chi connectivity index (χ1v) is 6.89. The van der Waals surface area contributed by atoms with Crippen molar-refractivity contribution in [3.05, 3.63) is 35.4 Å². The van der Waals surface area contributed by atoms with Gasteiger partial charge in [0, 0.05) is 12.5 Å². The Hall–Kier alpha value is -1.84. The molecule has 0 aliphatic heterocycles. The van der Waals surface area contributed by atoms with E-state index in [-0.39, 0.29) is 0 Å². The predicted octanol–water partition coefficient (Wildman–Crippen LogP) is 2.19. The molecule has 1 aliphatic rings. The van der Waals surface area contributed by atoms with Crippen molar-refractivity contribution in [3.63, 3.8) is 0 Å². The molecule has 1 aromatic rings. The molecule has 20 heavy (non-hydrogen) atoms. The maximum Gasteiger partial charge on any atom is 0.316 e. The van der Waals surface area contributed by atoms with Crippen LogP contribution >= 0.6 is 0 Å². The Balaban J connectivity index is 1.95. The zero-order chi connectivity index (χ0) is 14.9. The van der Waals surface area contributed by atoms with E-state index in [0.29, 0.717) is 12.5 Å². The van der Waals surface area contributed by atoms with E-state index in [1.165, 1.54) is 11.1 Å². The highest BCUT2D eigenvalue weighted by Crippen LogP contribution is 2.34. The Morgan fingerprint density at radius 3 is 2.55 bits per heavy atom. The Kier molecular flexibility index (Phi) is 3.84. The summed E-state index contributed by atoms with van der Waals surface area (Å²) in [5, 5.41) is 12.0. The summed E-state index contributed by atoms with van der Waals surface area (Å²) in [7, 11) is 0. The van der Waals surface area contributed by atoms with Crippen molar-refractivity contribution in [2.75, 3.05) is 6.54 Å². The molecule has 0 saturated carbocycles. The number of fused-ring (bicyclic) bond motifs is 1. The largest absolute Gasteiger partial charge is 0.481 e. The second kappa shape index (κ2) is 5.27. The van der Waals surface area contributed by atoms with Crippen molar-refractivity contribution in [2.24, 2.45) is 11.3 Å². The molecule has 0 aromatic heterocycles. The quantitative estimate of drug-likeness (QED) is 0.828. The van der Waals surface area contributed by atoms with Gasteiger partial charge in [0.05, 0.1) is 0 Å². The van der Waals surface area contributed by atoms with Gasteiger partial charge in [-0.1, -0.05) is 45.0 Å². The van der Waals surface area contributed by atoms with Gasteiger partial charge in [-0.2, -0.15) is 0 Å². The van der Waals surface area contributed by atoms with Gasteiger partial charge >= 0.3 is 5.97 Å². The number of nitrogens with one attached hydrogen (secondary N) is 1. The van der Waals surface area contributed by atoms with Crippen LogP contribution in [0.4, 0.5) is 0 Å². The monoisotopic (exact) mass is 275 g/mol. The van der Waals surface area contributed by atoms with Crippen LogP contribution in [0, 0.1) is 11.3 Å². The molecule has 108 valence electrons. The molecule has 2 N–H and O–H groups in total. The zero-order valence-electron chi connectivity index (χ0n) is 12.1. The van der Waals surface area contributed by atoms with E-state index in [9.17, 15) is 14.7 Å². The SMILES string of the molecule is CC(C)(C)C(C(=O)O)C(=O)NCC1Cc2ccccc21. The van der Waals surface area contributed by atoms with Gasteiger partial charge < -0.3 is 10.4 Å². The van der Waals surface area contributed by atoms with Crippen molar-refractivity contribution >= 4 is 11.9 Å². The third-order valence-corrected chi connectivity index (χ3v) is 3.86. The van der Waals surface area contributed by atoms with E-state index >= 15 is 0 Å². The van der Waals surface area contributed by atoms with Gasteiger partial charge in [-0.25, -0.2) is 0 Å². The molecule has 1 aromatic carbocycles. The third-order valence-electron chi connectivity index (χ3n) is 3.86. The molecule has 0 heterocycles. The lowest BCUT2D eigenvalue weighted by atomic mass is 9.77. The van der Waals surface area contributed by atoms with E-state index in [0.717, 1.165) is 6.42 Å². The summed E-state index contributed by atoms with van der Waals surface area (Å²) in [5.41, 5.74) is 1.99. The fourth-order valence-electron chi connectivity index (χ4n) is 2.75. The lowest BCUT2D eigenvalue weighted by molar-refractivity contribution is -0.151. The normalized spacial score (nSPS) is 18.6. The number of carboxylic acid groups (broad SMARTS) is 1. The highest BCUT2D eigenvalue weighted by Gasteiger charge is 2.38. The summed E-state index contributed by atoms with van der Waals surface area (Å²) in [5.74, 6) is -2.17. The molecule has 0 saturated heterocycles. The van der Waals surface area contributed by atoms with Crippen LogP contribution in [0.1, 0.15) is 37.8 Å². The topological polar surface area (TPSA) is 66.4 Å². The van der Waals surface area contributed by atoms with Crippen molar-refractivity contribution < 1.29 is 14.7 Å². The van der Waals surface area contributed by atoms with Gasteiger partial charge in [0.15, 0.2) is 0 Å². The highest BCUT2D eigenvalue weighted by atomic mass is 16.4. The van der Waals surface area contributed by atoms with Crippen LogP contribution in [-0.4, -0.2) is 23.5 Å². The molecule has 4 heteroatoms. The number of hydrogen-bond acceptors (Lipinski definition) is 2. The van der Waals surface area contributed by atoms with Crippen LogP contribution in [0.3, 0.4) is 0 Å². The molecule has 0 fully saturated rings. The Morgan fingerprint density at radius 1 is 1.35 bits per heavy atom. The minimum atomic E-state index is -1.07. The van der Waals surface area contributed by atoms with Crippen molar-refractivity contribution in [2.45, 2.75) is 33.1 Å². The van der Waals surface area contributed by atoms with Gasteiger partial charge in [0.25, 0.3) is 0 Å². The van der Waals surface area contributed by atoms with Gasteiger partial charge in [0.2, 0.25) is 5.91 Å². The Bertz CT molecular complexity index is 531. The second-order valence-corrected chi connectivity index (χ2v) is 6.48. The van der Waals surface area contributed by atoms with E-state index in [2.05, 4.69) is 17.4 Å². The van der Waals surface area contributed by atoms with Gasteiger partial charge in [-0.15, -0.1) is 0 Å². The number of carbonyl (C=O) groups is 2. The summed E-state index contributed by atoms with van der Waals surface area (Å²) in [6, 6.07) is 8.15. The van der Waals surface area contributed by atoms with Gasteiger partial charge in [-0.3, -0.25) is 9.59 Å². The number of amides is 1. The Morgan fingerprint density at radius 2 is 2.00 bits per heavy atom. The lowest BCUT2D eigenvalue weighted by Gasteiger charge is -2.32. The predicted molar refractivity (Wildman–Crippen MR) is 76.5 cm³/mol. The first-order chi connectivity index (χ1) is 9.30. The van der Waals surface area contributed by atoms with Crippen molar-refractivity contribution in [3.8, 4) is 0 Å². The smallest absolute Gasteiger partial charge is 0.316 e. The average Bonchev–Trinajstić information content (AvgIpc) is 2.27. The number of rotatable bonds is 4. The fraction of sp³-hybridized carbons (Fsp3) is 0.500. The standard InChI is InChI=1S/C16H21NO3/c1-16(2,3)13(15(19)20)14(18)17-9-11-8-10-6-4-5-7-12(10)11/h4-7,11,13H,8-9H2,1-3H3,(H,17,18)(H,19,20). The summed E-state index contributed by atoms with van der Waals surface area (Å²) in [6.07, 6.45) is 0.948. The maximum absolute atomic E-state index is 12.1. The van der Waals surface area contributed by atoms with Crippen LogP contribution in [0.5, 0.6) is 0 Å². The first-order valence-electron chi connectivity index (χ1n) is 6.89. The number of aliphatic carboxylic acids is 1. The van der Waals surface area contributed by atoms with Crippen LogP contribution < -0.4 is 5.32 Å². The van der Waals surface area contributed by atoms with Crippen LogP contribution in [-0.2, 0) is 16.0 Å². The van der Waals surface area contributed by atoms with Crippen molar-refractivity contribution in [1.82, 2.24) is 5.32 Å². The lowest BCUT2D eigenvalue weighted by Crippen LogP contribution is -2.44. The number of carboxylic acids is 1. The molecular formula is C16H21NO3. The molecular weight excluding hydrogens is 254 g/mol. The molecule has 2 atom stereocenters. The average molecular weight is 275 g/mol. The summed E-state index contributed by atoms with van der Waals surface area (Å²) in [4.78, 5) is 23.3.